The molecule has 11 heavy (non-hydrogen) atoms. The lowest BCUT2D eigenvalue weighted by atomic mass is 10.5. The van der Waals surface area contributed by atoms with Gasteiger partial charge in [-0.2, -0.15) is 11.8 Å². The molecule has 0 saturated carbocycles. The highest BCUT2D eigenvalue weighted by Crippen LogP contribution is 2.13. The van der Waals surface area contributed by atoms with Gasteiger partial charge in [0, 0.05) is 17.5 Å². The number of aromatic nitrogens is 2. The summed E-state index contributed by atoms with van der Waals surface area (Å²) in [6.07, 6.45) is 0. The third kappa shape index (κ3) is 2.84. The summed E-state index contributed by atoms with van der Waals surface area (Å²) in [5.74, 6) is 0.871. The molecule has 4 heteroatoms. The van der Waals surface area contributed by atoms with Crippen molar-refractivity contribution in [1.82, 2.24) is 10.2 Å². The monoisotopic (exact) mass is 172 g/mol. The molecule has 0 fully saturated rings. The second-order valence-electron chi connectivity index (χ2n) is 2.64. The van der Waals surface area contributed by atoms with E-state index in [2.05, 4.69) is 24.0 Å². The van der Waals surface area contributed by atoms with Crippen molar-refractivity contribution >= 4 is 11.8 Å². The quantitative estimate of drug-likeness (QED) is 0.723. The second-order valence-corrected chi connectivity index (χ2v) is 4.21. The van der Waals surface area contributed by atoms with Crippen LogP contribution in [0.2, 0.25) is 0 Å². The molecule has 0 aliphatic rings. The van der Waals surface area contributed by atoms with Crippen molar-refractivity contribution in [3.05, 3.63) is 22.1 Å². The number of hydrogen-bond donors (Lipinski definition) is 2. The van der Waals surface area contributed by atoms with E-state index in [4.69, 9.17) is 0 Å². The van der Waals surface area contributed by atoms with Crippen molar-refractivity contribution < 1.29 is 0 Å². The minimum atomic E-state index is -0.0515. The van der Waals surface area contributed by atoms with Crippen LogP contribution in [0.1, 0.15) is 19.5 Å². The molecule has 0 amide bonds. The lowest BCUT2D eigenvalue weighted by Gasteiger charge is -2.00. The first-order valence-electron chi connectivity index (χ1n) is 3.56. The fourth-order valence-electron chi connectivity index (χ4n) is 0.706. The largest absolute Gasteiger partial charge is 0.301 e. The third-order valence-corrected chi connectivity index (χ3v) is 2.37. The molecule has 1 rings (SSSR count). The molecule has 0 bridgehead atoms. The van der Waals surface area contributed by atoms with Gasteiger partial charge in [-0.05, 0) is 5.25 Å². The highest BCUT2D eigenvalue weighted by Gasteiger charge is 1.98. The zero-order chi connectivity index (χ0) is 8.27. The summed E-state index contributed by atoms with van der Waals surface area (Å²) >= 11 is 1.81. The Hall–Kier alpha value is -0.640. The molecule has 3 nitrogen and oxygen atoms in total. The van der Waals surface area contributed by atoms with Gasteiger partial charge in [-0.25, -0.2) is 0 Å². The fraction of sp³-hybridized carbons (Fsp3) is 0.571. The first kappa shape index (κ1) is 8.46. The van der Waals surface area contributed by atoms with E-state index in [1.54, 1.807) is 6.07 Å². The maximum atomic E-state index is 10.6. The summed E-state index contributed by atoms with van der Waals surface area (Å²) < 4.78 is 0. The van der Waals surface area contributed by atoms with E-state index >= 15 is 0 Å². The van der Waals surface area contributed by atoms with Gasteiger partial charge in [-0.3, -0.25) is 9.89 Å². The molecule has 0 atom stereocenters. The normalized spacial score (nSPS) is 10.8. The van der Waals surface area contributed by atoms with Crippen LogP contribution < -0.4 is 5.56 Å². The summed E-state index contributed by atoms with van der Waals surface area (Å²) in [5, 5.41) is 5.91. The number of rotatable bonds is 3. The van der Waals surface area contributed by atoms with Crippen LogP contribution in [0.5, 0.6) is 0 Å². The summed E-state index contributed by atoms with van der Waals surface area (Å²) in [5.41, 5.74) is 0.915. The van der Waals surface area contributed by atoms with Crippen LogP contribution in [0.4, 0.5) is 0 Å². The summed E-state index contributed by atoms with van der Waals surface area (Å²) in [7, 11) is 0. The molecule has 1 aromatic heterocycles. The van der Waals surface area contributed by atoms with Gasteiger partial charge in [0.1, 0.15) is 0 Å². The minimum absolute atomic E-state index is 0.0515. The van der Waals surface area contributed by atoms with Crippen LogP contribution in [0, 0.1) is 0 Å². The van der Waals surface area contributed by atoms with Crippen LogP contribution in [0.3, 0.4) is 0 Å². The predicted molar refractivity (Wildman–Crippen MR) is 47.8 cm³/mol. The molecule has 0 unspecified atom stereocenters. The zero-order valence-corrected chi connectivity index (χ0v) is 7.49. The van der Waals surface area contributed by atoms with E-state index in [-0.39, 0.29) is 5.56 Å². The van der Waals surface area contributed by atoms with Crippen LogP contribution in [-0.4, -0.2) is 15.4 Å². The first-order chi connectivity index (χ1) is 5.18. The molecule has 0 saturated heterocycles. The van der Waals surface area contributed by atoms with Crippen LogP contribution >= 0.6 is 11.8 Å². The molecule has 0 aromatic carbocycles. The van der Waals surface area contributed by atoms with Crippen molar-refractivity contribution in [2.75, 3.05) is 0 Å². The van der Waals surface area contributed by atoms with Gasteiger partial charge < -0.3 is 5.10 Å². The maximum Gasteiger partial charge on any atom is 0.264 e. The Kier molecular flexibility index (Phi) is 2.82. The Morgan fingerprint density at radius 2 is 2.27 bits per heavy atom. The number of hydrogen-bond acceptors (Lipinski definition) is 2. The lowest BCUT2D eigenvalue weighted by Crippen LogP contribution is -1.93. The van der Waals surface area contributed by atoms with E-state index in [0.29, 0.717) is 5.25 Å². The highest BCUT2D eigenvalue weighted by molar-refractivity contribution is 7.99. The Morgan fingerprint density at radius 3 is 2.73 bits per heavy atom. The number of H-pyrrole nitrogens is 2. The number of thioether (sulfide) groups is 1. The molecule has 0 spiro atoms. The van der Waals surface area contributed by atoms with Crippen molar-refractivity contribution in [2.45, 2.75) is 24.9 Å². The van der Waals surface area contributed by atoms with Crippen LogP contribution in [-0.2, 0) is 5.75 Å². The minimum Gasteiger partial charge on any atom is -0.301 e. The maximum absolute atomic E-state index is 10.6. The molecule has 1 aromatic rings. The fourth-order valence-corrected chi connectivity index (χ4v) is 1.37. The molecule has 0 aliphatic heterocycles. The summed E-state index contributed by atoms with van der Waals surface area (Å²) in [4.78, 5) is 10.6. The molecule has 0 aliphatic carbocycles. The van der Waals surface area contributed by atoms with Gasteiger partial charge in [0.2, 0.25) is 0 Å². The standard InChI is InChI=1S/C7H12N2OS/c1-5(2)11-4-6-3-7(10)9-8-6/h3,5H,4H2,1-2H3,(H2,8,9,10). The third-order valence-electron chi connectivity index (χ3n) is 1.22. The smallest absolute Gasteiger partial charge is 0.264 e. The molecule has 1 heterocycles. The SMILES string of the molecule is CC(C)SCc1cc(=O)[nH][nH]1. The number of aromatic amines is 2. The molecule has 2 N–H and O–H groups in total. The first-order valence-corrected chi connectivity index (χ1v) is 4.61. The van der Waals surface area contributed by atoms with Gasteiger partial charge in [-0.15, -0.1) is 0 Å². The van der Waals surface area contributed by atoms with E-state index in [1.807, 2.05) is 11.8 Å². The topological polar surface area (TPSA) is 48.6 Å². The van der Waals surface area contributed by atoms with Crippen molar-refractivity contribution in [1.29, 1.82) is 0 Å². The Labute approximate surface area is 69.6 Å². The van der Waals surface area contributed by atoms with Crippen molar-refractivity contribution in [3.63, 3.8) is 0 Å². The average Bonchev–Trinajstić information content (AvgIpc) is 2.31. The van der Waals surface area contributed by atoms with E-state index in [1.165, 1.54) is 0 Å². The van der Waals surface area contributed by atoms with Gasteiger partial charge in [0.15, 0.2) is 0 Å². The second kappa shape index (κ2) is 3.67. The van der Waals surface area contributed by atoms with Gasteiger partial charge in [-0.1, -0.05) is 13.8 Å². The van der Waals surface area contributed by atoms with Gasteiger partial charge in [0.05, 0.1) is 0 Å². The summed E-state index contributed by atoms with van der Waals surface area (Å²) in [6.45, 7) is 4.27. The van der Waals surface area contributed by atoms with Gasteiger partial charge >= 0.3 is 0 Å². The van der Waals surface area contributed by atoms with E-state index < -0.39 is 0 Å². The van der Waals surface area contributed by atoms with E-state index in [0.717, 1.165) is 11.4 Å². The van der Waals surface area contributed by atoms with E-state index in [9.17, 15) is 4.79 Å². The number of nitrogens with one attached hydrogen (secondary N) is 2. The van der Waals surface area contributed by atoms with Crippen molar-refractivity contribution in [3.8, 4) is 0 Å². The molecular weight excluding hydrogens is 160 g/mol. The summed E-state index contributed by atoms with van der Waals surface area (Å²) in [6, 6.07) is 1.59. The molecule has 0 radical (unpaired) electrons. The molecule has 62 valence electrons. The predicted octanol–water partition coefficient (Wildman–Crippen LogP) is 1.34. The highest BCUT2D eigenvalue weighted by atomic mass is 32.2. The van der Waals surface area contributed by atoms with Crippen LogP contribution in [0.15, 0.2) is 10.9 Å². The Balaban J connectivity index is 2.45. The molecular formula is C7H12N2OS. The Bertz CT molecular complexity index is 263. The Morgan fingerprint density at radius 1 is 1.55 bits per heavy atom. The van der Waals surface area contributed by atoms with Crippen molar-refractivity contribution in [2.24, 2.45) is 0 Å². The van der Waals surface area contributed by atoms with Crippen LogP contribution in [0.25, 0.3) is 0 Å². The lowest BCUT2D eigenvalue weighted by molar-refractivity contribution is 1.01. The zero-order valence-electron chi connectivity index (χ0n) is 6.68. The average molecular weight is 172 g/mol. The van der Waals surface area contributed by atoms with Gasteiger partial charge in [0.25, 0.3) is 5.56 Å².